The zero-order valence-electron chi connectivity index (χ0n) is 11.4. The first-order valence-corrected chi connectivity index (χ1v) is 6.35. The van der Waals surface area contributed by atoms with Gasteiger partial charge in [-0.25, -0.2) is 0 Å². The minimum absolute atomic E-state index is 0.514. The largest absolute Gasteiger partial charge is 0.313 e. The van der Waals surface area contributed by atoms with E-state index in [1.807, 2.05) is 0 Å². The molecule has 1 nitrogen and oxygen atoms in total. The van der Waals surface area contributed by atoms with Crippen LogP contribution in [0.2, 0.25) is 0 Å². The third kappa shape index (κ3) is 3.08. The van der Waals surface area contributed by atoms with Crippen LogP contribution < -0.4 is 5.32 Å². The third-order valence-electron chi connectivity index (χ3n) is 3.28. The summed E-state index contributed by atoms with van der Waals surface area (Å²) in [5.41, 5.74) is 5.71. The molecule has 0 bridgehead atoms. The molecule has 0 radical (unpaired) electrons. The molecule has 1 aromatic rings. The molecule has 0 amide bonds. The van der Waals surface area contributed by atoms with Crippen LogP contribution in [-0.2, 0) is 0 Å². The average Bonchev–Trinajstić information content (AvgIpc) is 2.21. The summed E-state index contributed by atoms with van der Waals surface area (Å²) in [6, 6.07) is 5.09. The van der Waals surface area contributed by atoms with E-state index in [0.717, 1.165) is 0 Å². The van der Waals surface area contributed by atoms with Gasteiger partial charge in [0.25, 0.3) is 0 Å². The summed E-state index contributed by atoms with van der Waals surface area (Å²) in [7, 11) is 2.07. The maximum atomic E-state index is 3.45. The lowest BCUT2D eigenvalue weighted by molar-refractivity contribution is 0.518. The summed E-state index contributed by atoms with van der Waals surface area (Å²) in [6.45, 7) is 8.88. The van der Waals surface area contributed by atoms with E-state index in [-0.39, 0.29) is 0 Å². The first kappa shape index (κ1) is 13.2. The van der Waals surface area contributed by atoms with Gasteiger partial charge in [0.05, 0.1) is 0 Å². The molecule has 0 aromatic heterocycles. The Morgan fingerprint density at radius 2 is 1.69 bits per heavy atom. The highest BCUT2D eigenvalue weighted by atomic mass is 14.9. The van der Waals surface area contributed by atoms with Crippen LogP contribution in [0.1, 0.15) is 54.5 Å². The van der Waals surface area contributed by atoms with Gasteiger partial charge in [0, 0.05) is 6.04 Å². The molecule has 0 heterocycles. The SMILES string of the molecule is CCCCC(NC)c1c(C)cc(C)cc1C. The molecule has 1 N–H and O–H groups in total. The van der Waals surface area contributed by atoms with Crippen LogP contribution in [0.25, 0.3) is 0 Å². The fraction of sp³-hybridized carbons (Fsp3) is 0.600. The van der Waals surface area contributed by atoms with Gasteiger partial charge in [-0.15, -0.1) is 0 Å². The van der Waals surface area contributed by atoms with Crippen molar-refractivity contribution >= 4 is 0 Å². The van der Waals surface area contributed by atoms with Gasteiger partial charge in [0.1, 0.15) is 0 Å². The molecule has 1 aromatic carbocycles. The Bertz CT molecular complexity index is 318. The number of nitrogens with one attached hydrogen (secondary N) is 1. The second-order valence-electron chi connectivity index (χ2n) is 4.80. The van der Waals surface area contributed by atoms with Gasteiger partial charge in [-0.2, -0.15) is 0 Å². The van der Waals surface area contributed by atoms with Gasteiger partial charge in [-0.05, 0) is 50.9 Å². The van der Waals surface area contributed by atoms with Crippen molar-refractivity contribution in [1.82, 2.24) is 5.32 Å². The molecule has 0 saturated carbocycles. The second kappa shape index (κ2) is 6.05. The molecule has 0 fully saturated rings. The van der Waals surface area contributed by atoms with E-state index in [1.54, 1.807) is 0 Å². The molecule has 1 rings (SSSR count). The number of unbranched alkanes of at least 4 members (excludes halogenated alkanes) is 1. The fourth-order valence-electron chi connectivity index (χ4n) is 2.58. The van der Waals surface area contributed by atoms with Crippen molar-refractivity contribution in [3.05, 3.63) is 34.4 Å². The predicted octanol–water partition coefficient (Wildman–Crippen LogP) is 4.06. The molecule has 90 valence electrons. The molecule has 1 heteroatoms. The van der Waals surface area contributed by atoms with Crippen molar-refractivity contribution in [2.24, 2.45) is 0 Å². The Morgan fingerprint density at radius 3 is 2.12 bits per heavy atom. The molecular formula is C15H25N. The van der Waals surface area contributed by atoms with E-state index in [9.17, 15) is 0 Å². The molecule has 1 unspecified atom stereocenters. The molecule has 0 aliphatic heterocycles. The van der Waals surface area contributed by atoms with Crippen molar-refractivity contribution in [2.45, 2.75) is 53.0 Å². The van der Waals surface area contributed by atoms with E-state index in [0.29, 0.717) is 6.04 Å². The summed E-state index contributed by atoms with van der Waals surface area (Å²) >= 11 is 0. The minimum atomic E-state index is 0.514. The standard InChI is InChI=1S/C15H25N/c1-6-7-8-14(16-5)15-12(3)9-11(2)10-13(15)4/h9-10,14,16H,6-8H2,1-5H3. The Balaban J connectivity index is 2.99. The Kier molecular flexibility index (Phi) is 5.01. The lowest BCUT2D eigenvalue weighted by Crippen LogP contribution is -2.18. The summed E-state index contributed by atoms with van der Waals surface area (Å²) < 4.78 is 0. The number of aryl methyl sites for hydroxylation is 3. The van der Waals surface area contributed by atoms with Crippen molar-refractivity contribution < 1.29 is 0 Å². The van der Waals surface area contributed by atoms with Crippen LogP contribution in [0.4, 0.5) is 0 Å². The van der Waals surface area contributed by atoms with Gasteiger partial charge < -0.3 is 5.32 Å². The van der Waals surface area contributed by atoms with Crippen molar-refractivity contribution in [3.8, 4) is 0 Å². The van der Waals surface area contributed by atoms with Gasteiger partial charge in [-0.3, -0.25) is 0 Å². The number of rotatable bonds is 5. The summed E-state index contributed by atoms with van der Waals surface area (Å²) in [5.74, 6) is 0. The van der Waals surface area contributed by atoms with Gasteiger partial charge in [0.15, 0.2) is 0 Å². The average molecular weight is 219 g/mol. The maximum Gasteiger partial charge on any atom is 0.0322 e. The molecule has 0 saturated heterocycles. The van der Waals surface area contributed by atoms with E-state index in [2.05, 4.69) is 52.2 Å². The zero-order chi connectivity index (χ0) is 12.1. The summed E-state index contributed by atoms with van der Waals surface area (Å²) in [5, 5.41) is 3.45. The highest BCUT2D eigenvalue weighted by molar-refractivity contribution is 5.39. The lowest BCUT2D eigenvalue weighted by atomic mass is 9.91. The third-order valence-corrected chi connectivity index (χ3v) is 3.28. The van der Waals surface area contributed by atoms with Crippen LogP contribution in [0.15, 0.2) is 12.1 Å². The molecule has 0 aliphatic rings. The summed E-state index contributed by atoms with van der Waals surface area (Å²) in [6.07, 6.45) is 3.79. The summed E-state index contributed by atoms with van der Waals surface area (Å²) in [4.78, 5) is 0. The molecule has 0 spiro atoms. The van der Waals surface area contributed by atoms with Gasteiger partial charge in [-0.1, -0.05) is 37.5 Å². The molecular weight excluding hydrogens is 194 g/mol. The van der Waals surface area contributed by atoms with Crippen molar-refractivity contribution in [2.75, 3.05) is 7.05 Å². The Hall–Kier alpha value is -0.820. The predicted molar refractivity (Wildman–Crippen MR) is 72.0 cm³/mol. The Morgan fingerprint density at radius 1 is 1.12 bits per heavy atom. The highest BCUT2D eigenvalue weighted by Crippen LogP contribution is 2.26. The van der Waals surface area contributed by atoms with Crippen LogP contribution in [0.5, 0.6) is 0 Å². The smallest absolute Gasteiger partial charge is 0.0322 e. The van der Waals surface area contributed by atoms with Crippen LogP contribution in [0.3, 0.4) is 0 Å². The van der Waals surface area contributed by atoms with E-state index >= 15 is 0 Å². The highest BCUT2D eigenvalue weighted by Gasteiger charge is 2.13. The minimum Gasteiger partial charge on any atom is -0.313 e. The van der Waals surface area contributed by atoms with E-state index < -0.39 is 0 Å². The number of hydrogen-bond acceptors (Lipinski definition) is 1. The maximum absolute atomic E-state index is 3.45. The van der Waals surface area contributed by atoms with Crippen LogP contribution >= 0.6 is 0 Å². The van der Waals surface area contributed by atoms with E-state index in [4.69, 9.17) is 0 Å². The Labute approximate surface area is 100 Å². The fourth-order valence-corrected chi connectivity index (χ4v) is 2.58. The normalized spacial score (nSPS) is 12.8. The quantitative estimate of drug-likeness (QED) is 0.787. The topological polar surface area (TPSA) is 12.0 Å². The molecule has 16 heavy (non-hydrogen) atoms. The number of benzene rings is 1. The zero-order valence-corrected chi connectivity index (χ0v) is 11.4. The van der Waals surface area contributed by atoms with Crippen molar-refractivity contribution in [1.29, 1.82) is 0 Å². The van der Waals surface area contributed by atoms with E-state index in [1.165, 1.54) is 41.5 Å². The van der Waals surface area contributed by atoms with Gasteiger partial charge >= 0.3 is 0 Å². The van der Waals surface area contributed by atoms with Crippen LogP contribution in [0, 0.1) is 20.8 Å². The van der Waals surface area contributed by atoms with Gasteiger partial charge in [0.2, 0.25) is 0 Å². The molecule has 1 atom stereocenters. The van der Waals surface area contributed by atoms with Crippen LogP contribution in [-0.4, -0.2) is 7.05 Å². The monoisotopic (exact) mass is 219 g/mol. The first-order valence-electron chi connectivity index (χ1n) is 6.35. The number of hydrogen-bond donors (Lipinski definition) is 1. The lowest BCUT2D eigenvalue weighted by Gasteiger charge is -2.21. The first-order chi connectivity index (χ1) is 7.60. The second-order valence-corrected chi connectivity index (χ2v) is 4.80. The molecule has 0 aliphatic carbocycles. The van der Waals surface area contributed by atoms with Crippen molar-refractivity contribution in [3.63, 3.8) is 0 Å².